The summed E-state index contributed by atoms with van der Waals surface area (Å²) in [6, 6.07) is 0.272. The maximum absolute atomic E-state index is 12.1. The first-order valence-electron chi connectivity index (χ1n) is 7.94. The monoisotopic (exact) mass is 277 g/mol. The highest BCUT2D eigenvalue weighted by Gasteiger charge is 2.23. The quantitative estimate of drug-likeness (QED) is 0.916. The Labute approximate surface area is 119 Å². The molecule has 0 spiro atoms. The van der Waals surface area contributed by atoms with Gasteiger partial charge in [0.05, 0.1) is 0 Å². The summed E-state index contributed by atoms with van der Waals surface area (Å²) >= 11 is 0. The third-order valence-corrected chi connectivity index (χ3v) is 4.61. The van der Waals surface area contributed by atoms with Crippen LogP contribution in [-0.4, -0.2) is 16.1 Å². The van der Waals surface area contributed by atoms with Crippen molar-refractivity contribution in [2.45, 2.75) is 64.2 Å². The summed E-state index contributed by atoms with van der Waals surface area (Å²) in [4.78, 5) is 12.1. The van der Waals surface area contributed by atoms with Crippen LogP contribution in [0.15, 0.2) is 4.42 Å². The predicted octanol–water partition coefficient (Wildman–Crippen LogP) is 3.32. The minimum absolute atomic E-state index is 0.0424. The third-order valence-electron chi connectivity index (χ3n) is 4.61. The molecular weight excluding hydrogens is 254 g/mol. The molecule has 0 radical (unpaired) electrons. The Kier molecular flexibility index (Phi) is 4.33. The normalized spacial score (nSPS) is 21.2. The largest absolute Gasteiger partial charge is 0.408 e. The maximum atomic E-state index is 12.1. The fraction of sp³-hybridized carbons (Fsp3) is 0.800. The summed E-state index contributed by atoms with van der Waals surface area (Å²) in [6.45, 7) is 0. The Morgan fingerprint density at radius 1 is 1.05 bits per heavy atom. The van der Waals surface area contributed by atoms with Gasteiger partial charge in [0.25, 0.3) is 0 Å². The van der Waals surface area contributed by atoms with Gasteiger partial charge in [-0.05, 0) is 31.6 Å². The highest BCUT2D eigenvalue weighted by atomic mass is 16.4. The van der Waals surface area contributed by atoms with Gasteiger partial charge in [-0.15, -0.1) is 5.10 Å². The van der Waals surface area contributed by atoms with E-state index in [4.69, 9.17) is 4.42 Å². The van der Waals surface area contributed by atoms with Gasteiger partial charge in [-0.1, -0.05) is 37.2 Å². The van der Waals surface area contributed by atoms with E-state index >= 15 is 0 Å². The third kappa shape index (κ3) is 3.38. The molecule has 110 valence electrons. The summed E-state index contributed by atoms with van der Waals surface area (Å²) in [5.74, 6) is 1.50. The lowest BCUT2D eigenvalue weighted by atomic mass is 9.89. The van der Waals surface area contributed by atoms with Gasteiger partial charge in [0.1, 0.15) is 0 Å². The molecule has 5 nitrogen and oxygen atoms in total. The van der Waals surface area contributed by atoms with Crippen molar-refractivity contribution in [1.82, 2.24) is 10.2 Å². The van der Waals surface area contributed by atoms with Crippen molar-refractivity contribution in [3.63, 3.8) is 0 Å². The van der Waals surface area contributed by atoms with Gasteiger partial charge in [-0.3, -0.25) is 10.1 Å². The van der Waals surface area contributed by atoms with Crippen LogP contribution in [0.2, 0.25) is 0 Å². The highest BCUT2D eigenvalue weighted by Crippen LogP contribution is 2.28. The molecule has 2 aliphatic rings. The van der Waals surface area contributed by atoms with E-state index in [1.54, 1.807) is 0 Å². The first-order valence-corrected chi connectivity index (χ1v) is 7.94. The first kappa shape index (κ1) is 13.6. The molecule has 0 atom stereocenters. The molecule has 0 unspecified atom stereocenters. The van der Waals surface area contributed by atoms with E-state index in [1.807, 2.05) is 0 Å². The van der Waals surface area contributed by atoms with Crippen molar-refractivity contribution in [3.8, 4) is 0 Å². The number of rotatable bonds is 4. The number of amides is 1. The van der Waals surface area contributed by atoms with Gasteiger partial charge >= 0.3 is 6.01 Å². The molecular formula is C15H23N3O2. The summed E-state index contributed by atoms with van der Waals surface area (Å²) in [6.07, 6.45) is 11.5. The summed E-state index contributed by atoms with van der Waals surface area (Å²) in [5.41, 5.74) is 0. The molecule has 0 bridgehead atoms. The average molecular weight is 277 g/mol. The molecule has 1 aromatic heterocycles. The van der Waals surface area contributed by atoms with Crippen LogP contribution in [0.1, 0.15) is 63.7 Å². The van der Waals surface area contributed by atoms with Crippen LogP contribution in [0.3, 0.4) is 0 Å². The smallest absolute Gasteiger partial charge is 0.322 e. The van der Waals surface area contributed by atoms with Gasteiger partial charge in [-0.2, -0.15) is 0 Å². The van der Waals surface area contributed by atoms with E-state index < -0.39 is 0 Å². The minimum atomic E-state index is 0.0424. The number of nitrogens with one attached hydrogen (secondary N) is 1. The Balaban J connectivity index is 1.52. The minimum Gasteiger partial charge on any atom is -0.408 e. The Bertz CT molecular complexity index is 446. The van der Waals surface area contributed by atoms with Crippen molar-refractivity contribution >= 4 is 11.9 Å². The zero-order chi connectivity index (χ0) is 13.8. The molecule has 5 heteroatoms. The van der Waals surface area contributed by atoms with Crippen LogP contribution in [0.4, 0.5) is 6.01 Å². The second kappa shape index (κ2) is 6.37. The van der Waals surface area contributed by atoms with E-state index in [0.29, 0.717) is 11.8 Å². The van der Waals surface area contributed by atoms with E-state index in [9.17, 15) is 4.79 Å². The number of carbonyl (C=O) groups is 1. The van der Waals surface area contributed by atoms with Gasteiger partial charge in [0.15, 0.2) is 0 Å². The molecule has 3 rings (SSSR count). The summed E-state index contributed by atoms with van der Waals surface area (Å²) < 4.78 is 5.55. The zero-order valence-corrected chi connectivity index (χ0v) is 11.9. The second-order valence-electron chi connectivity index (χ2n) is 6.18. The van der Waals surface area contributed by atoms with Crippen molar-refractivity contribution in [3.05, 3.63) is 5.89 Å². The van der Waals surface area contributed by atoms with Crippen LogP contribution in [0.5, 0.6) is 0 Å². The summed E-state index contributed by atoms with van der Waals surface area (Å²) in [5, 5.41) is 10.8. The molecule has 20 heavy (non-hydrogen) atoms. The molecule has 2 fully saturated rings. The molecule has 1 aromatic rings. The molecule has 0 aliphatic heterocycles. The zero-order valence-electron chi connectivity index (χ0n) is 11.9. The molecule has 1 heterocycles. The first-order chi connectivity index (χ1) is 9.81. The fourth-order valence-corrected chi connectivity index (χ4v) is 3.42. The van der Waals surface area contributed by atoms with Crippen molar-refractivity contribution in [2.24, 2.45) is 11.8 Å². The van der Waals surface area contributed by atoms with Gasteiger partial charge in [0, 0.05) is 12.3 Å². The summed E-state index contributed by atoms with van der Waals surface area (Å²) in [7, 11) is 0. The van der Waals surface area contributed by atoms with Crippen molar-refractivity contribution in [1.29, 1.82) is 0 Å². The highest BCUT2D eigenvalue weighted by molar-refractivity contribution is 5.90. The van der Waals surface area contributed by atoms with Crippen LogP contribution in [0, 0.1) is 11.8 Å². The lowest BCUT2D eigenvalue weighted by Crippen LogP contribution is -2.24. The number of hydrogen-bond acceptors (Lipinski definition) is 4. The van der Waals surface area contributed by atoms with Gasteiger partial charge in [-0.25, -0.2) is 0 Å². The molecule has 0 saturated heterocycles. The van der Waals surface area contributed by atoms with E-state index in [2.05, 4.69) is 15.5 Å². The number of hydrogen-bond donors (Lipinski definition) is 1. The van der Waals surface area contributed by atoms with Crippen molar-refractivity contribution < 1.29 is 9.21 Å². The van der Waals surface area contributed by atoms with Crippen LogP contribution in [-0.2, 0) is 11.2 Å². The maximum Gasteiger partial charge on any atom is 0.322 e. The molecule has 2 aliphatic carbocycles. The van der Waals surface area contributed by atoms with E-state index in [-0.39, 0.29) is 17.8 Å². The number of anilines is 1. The Morgan fingerprint density at radius 2 is 1.75 bits per heavy atom. The number of nitrogens with zero attached hydrogens (tertiary/aromatic N) is 2. The average Bonchev–Trinajstić information content (AvgIpc) is 3.12. The standard InChI is InChI=1S/C15H23N3O2/c19-14(12-8-2-1-3-9-12)16-15-18-17-13(20-15)10-11-6-4-5-7-11/h11-12H,1-10H2,(H,16,18,19). The van der Waals surface area contributed by atoms with E-state index in [1.165, 1.54) is 32.1 Å². The van der Waals surface area contributed by atoms with Crippen LogP contribution < -0.4 is 5.32 Å². The lowest BCUT2D eigenvalue weighted by Gasteiger charge is -2.19. The van der Waals surface area contributed by atoms with Gasteiger partial charge in [0.2, 0.25) is 11.8 Å². The van der Waals surface area contributed by atoms with Gasteiger partial charge < -0.3 is 4.42 Å². The van der Waals surface area contributed by atoms with E-state index in [0.717, 1.165) is 32.1 Å². The topological polar surface area (TPSA) is 68.0 Å². The Morgan fingerprint density at radius 3 is 2.50 bits per heavy atom. The van der Waals surface area contributed by atoms with Crippen LogP contribution >= 0.6 is 0 Å². The van der Waals surface area contributed by atoms with Crippen molar-refractivity contribution in [2.75, 3.05) is 5.32 Å². The number of aromatic nitrogens is 2. The SMILES string of the molecule is O=C(Nc1nnc(CC2CCCC2)o1)C1CCCCC1. The second-order valence-corrected chi connectivity index (χ2v) is 6.18. The molecule has 1 N–H and O–H groups in total. The number of carbonyl (C=O) groups excluding carboxylic acids is 1. The Hall–Kier alpha value is -1.39. The predicted molar refractivity (Wildman–Crippen MR) is 75.2 cm³/mol. The molecule has 2 saturated carbocycles. The van der Waals surface area contributed by atoms with Crippen LogP contribution in [0.25, 0.3) is 0 Å². The molecule has 0 aromatic carbocycles. The lowest BCUT2D eigenvalue weighted by molar-refractivity contribution is -0.120. The molecule has 1 amide bonds. The fourth-order valence-electron chi connectivity index (χ4n) is 3.42.